The van der Waals surface area contributed by atoms with Crippen LogP contribution in [0.25, 0.3) is 16.9 Å². The zero-order valence-corrected chi connectivity index (χ0v) is 9.61. The van der Waals surface area contributed by atoms with E-state index in [9.17, 15) is 0 Å². The Morgan fingerprint density at radius 2 is 2.00 bits per heavy atom. The Kier molecular flexibility index (Phi) is 2.50. The van der Waals surface area contributed by atoms with Crippen LogP contribution < -0.4 is 0 Å². The summed E-state index contributed by atoms with van der Waals surface area (Å²) in [7, 11) is 0. The minimum atomic E-state index is 0.336. The molecule has 0 aliphatic rings. The number of nitriles is 1. The second-order valence-corrected chi connectivity index (χ2v) is 3.91. The van der Waals surface area contributed by atoms with E-state index in [2.05, 4.69) is 16.0 Å². The van der Waals surface area contributed by atoms with Gasteiger partial charge in [-0.3, -0.25) is 4.98 Å². The highest BCUT2D eigenvalue weighted by Crippen LogP contribution is 2.24. The molecule has 86 valence electrons. The van der Waals surface area contributed by atoms with Crippen LogP contribution >= 0.6 is 0 Å². The Hall–Kier alpha value is -2.67. The zero-order chi connectivity index (χ0) is 12.4. The average molecular weight is 234 g/mol. The van der Waals surface area contributed by atoms with E-state index in [1.165, 1.54) is 0 Å². The van der Waals surface area contributed by atoms with Gasteiger partial charge in [0, 0.05) is 24.2 Å². The quantitative estimate of drug-likeness (QED) is 0.684. The minimum absolute atomic E-state index is 0.336. The molecule has 0 N–H and O–H groups in total. The van der Waals surface area contributed by atoms with E-state index >= 15 is 0 Å². The summed E-state index contributed by atoms with van der Waals surface area (Å²) in [6.45, 7) is 0. The van der Waals surface area contributed by atoms with Crippen LogP contribution in [0.1, 0.15) is 5.69 Å². The Morgan fingerprint density at radius 3 is 2.78 bits per heavy atom. The van der Waals surface area contributed by atoms with Crippen LogP contribution in [-0.2, 0) is 6.42 Å². The van der Waals surface area contributed by atoms with Gasteiger partial charge in [0.15, 0.2) is 0 Å². The van der Waals surface area contributed by atoms with Gasteiger partial charge in [-0.2, -0.15) is 5.26 Å². The summed E-state index contributed by atoms with van der Waals surface area (Å²) in [6.07, 6.45) is 5.73. The molecule has 3 rings (SSSR count). The van der Waals surface area contributed by atoms with E-state index in [0.29, 0.717) is 6.42 Å². The van der Waals surface area contributed by atoms with Crippen molar-refractivity contribution in [3.05, 3.63) is 54.6 Å². The molecule has 0 aliphatic carbocycles. The molecule has 0 spiro atoms. The van der Waals surface area contributed by atoms with E-state index in [-0.39, 0.29) is 0 Å². The Balaban J connectivity index is 2.29. The molecule has 3 aromatic rings. The van der Waals surface area contributed by atoms with E-state index in [4.69, 9.17) is 5.26 Å². The summed E-state index contributed by atoms with van der Waals surface area (Å²) >= 11 is 0. The number of pyridine rings is 2. The number of fused-ring (bicyclic) bond motifs is 1. The lowest BCUT2D eigenvalue weighted by Gasteiger charge is -2.00. The molecule has 0 amide bonds. The predicted molar refractivity (Wildman–Crippen MR) is 67.7 cm³/mol. The van der Waals surface area contributed by atoms with Crippen LogP contribution in [0.15, 0.2) is 48.9 Å². The normalized spacial score (nSPS) is 10.4. The zero-order valence-electron chi connectivity index (χ0n) is 9.61. The first kappa shape index (κ1) is 10.5. The molecular formula is C14H10N4. The fraction of sp³-hybridized carbons (Fsp3) is 0.0714. The maximum absolute atomic E-state index is 8.97. The van der Waals surface area contributed by atoms with Crippen LogP contribution in [0, 0.1) is 11.3 Å². The van der Waals surface area contributed by atoms with Gasteiger partial charge in [0.2, 0.25) is 0 Å². The summed E-state index contributed by atoms with van der Waals surface area (Å²) < 4.78 is 1.96. The van der Waals surface area contributed by atoms with Crippen LogP contribution in [0.4, 0.5) is 0 Å². The fourth-order valence-electron chi connectivity index (χ4n) is 2.03. The lowest BCUT2D eigenvalue weighted by Crippen LogP contribution is -1.92. The lowest BCUT2D eigenvalue weighted by atomic mass is 10.1. The molecule has 0 aromatic carbocycles. The van der Waals surface area contributed by atoms with Gasteiger partial charge in [-0.15, -0.1) is 0 Å². The summed E-state index contributed by atoms with van der Waals surface area (Å²) in [4.78, 5) is 8.59. The van der Waals surface area contributed by atoms with Crippen molar-refractivity contribution in [3.63, 3.8) is 0 Å². The van der Waals surface area contributed by atoms with E-state index in [1.54, 1.807) is 12.4 Å². The molecule has 0 unspecified atom stereocenters. The van der Waals surface area contributed by atoms with Gasteiger partial charge in [0.25, 0.3) is 0 Å². The van der Waals surface area contributed by atoms with E-state index in [0.717, 1.165) is 22.6 Å². The standard InChI is InChI=1S/C14H10N4/c15-7-4-12-14(11-5-8-16-9-6-11)17-13-3-1-2-10-18(12)13/h1-3,5-6,8-10H,4H2. The Bertz CT molecular complexity index is 722. The topological polar surface area (TPSA) is 54.0 Å². The molecule has 0 saturated carbocycles. The van der Waals surface area contributed by atoms with Gasteiger partial charge in [-0.05, 0) is 24.3 Å². The Morgan fingerprint density at radius 1 is 1.17 bits per heavy atom. The van der Waals surface area contributed by atoms with Crippen molar-refractivity contribution >= 4 is 5.65 Å². The SMILES string of the molecule is N#CCc1c(-c2ccncc2)nc2ccccn12. The van der Waals surface area contributed by atoms with Crippen molar-refractivity contribution in [1.29, 1.82) is 5.26 Å². The van der Waals surface area contributed by atoms with Crippen molar-refractivity contribution in [1.82, 2.24) is 14.4 Å². The van der Waals surface area contributed by atoms with Crippen molar-refractivity contribution < 1.29 is 0 Å². The highest BCUT2D eigenvalue weighted by atomic mass is 15.0. The van der Waals surface area contributed by atoms with Crippen molar-refractivity contribution in [2.45, 2.75) is 6.42 Å². The fourth-order valence-corrected chi connectivity index (χ4v) is 2.03. The number of imidazole rings is 1. The number of hydrogen-bond donors (Lipinski definition) is 0. The minimum Gasteiger partial charge on any atom is -0.302 e. The van der Waals surface area contributed by atoms with Gasteiger partial charge >= 0.3 is 0 Å². The van der Waals surface area contributed by atoms with Crippen molar-refractivity contribution in [2.75, 3.05) is 0 Å². The highest BCUT2D eigenvalue weighted by molar-refractivity contribution is 5.66. The second kappa shape index (κ2) is 4.30. The van der Waals surface area contributed by atoms with Gasteiger partial charge < -0.3 is 4.40 Å². The third kappa shape index (κ3) is 1.62. The second-order valence-electron chi connectivity index (χ2n) is 3.91. The molecule has 0 fully saturated rings. The third-order valence-corrected chi connectivity index (χ3v) is 2.83. The van der Waals surface area contributed by atoms with E-state index in [1.807, 2.05) is 40.9 Å². The van der Waals surface area contributed by atoms with Crippen LogP contribution in [0.2, 0.25) is 0 Å². The van der Waals surface area contributed by atoms with Crippen LogP contribution in [0.5, 0.6) is 0 Å². The molecule has 0 radical (unpaired) electrons. The molecule has 4 heteroatoms. The van der Waals surface area contributed by atoms with Gasteiger partial charge in [0.1, 0.15) is 5.65 Å². The molecule has 0 saturated heterocycles. The number of aromatic nitrogens is 3. The molecule has 3 heterocycles. The summed E-state index contributed by atoms with van der Waals surface area (Å²) in [6, 6.07) is 11.8. The predicted octanol–water partition coefficient (Wildman–Crippen LogP) is 2.46. The number of nitrogens with zero attached hydrogens (tertiary/aromatic N) is 4. The molecule has 3 aromatic heterocycles. The average Bonchev–Trinajstić information content (AvgIpc) is 2.80. The maximum Gasteiger partial charge on any atom is 0.137 e. The summed E-state index contributed by atoms with van der Waals surface area (Å²) in [5.74, 6) is 0. The lowest BCUT2D eigenvalue weighted by molar-refractivity contribution is 1.06. The first-order chi connectivity index (χ1) is 8.90. The summed E-state index contributed by atoms with van der Waals surface area (Å²) in [5, 5.41) is 8.97. The van der Waals surface area contributed by atoms with Crippen LogP contribution in [-0.4, -0.2) is 14.4 Å². The first-order valence-electron chi connectivity index (χ1n) is 5.63. The molecule has 0 aliphatic heterocycles. The third-order valence-electron chi connectivity index (χ3n) is 2.83. The largest absolute Gasteiger partial charge is 0.302 e. The number of rotatable bonds is 2. The first-order valence-corrected chi connectivity index (χ1v) is 5.63. The number of hydrogen-bond acceptors (Lipinski definition) is 3. The molecular weight excluding hydrogens is 224 g/mol. The van der Waals surface area contributed by atoms with Gasteiger partial charge in [0.05, 0.1) is 23.9 Å². The molecule has 18 heavy (non-hydrogen) atoms. The smallest absolute Gasteiger partial charge is 0.137 e. The van der Waals surface area contributed by atoms with Crippen molar-refractivity contribution in [2.24, 2.45) is 0 Å². The molecule has 0 atom stereocenters. The maximum atomic E-state index is 8.97. The van der Waals surface area contributed by atoms with Crippen LogP contribution in [0.3, 0.4) is 0 Å². The summed E-state index contributed by atoms with van der Waals surface area (Å²) in [5.41, 5.74) is 3.61. The highest BCUT2D eigenvalue weighted by Gasteiger charge is 2.12. The molecule has 0 bridgehead atoms. The van der Waals surface area contributed by atoms with Gasteiger partial charge in [-0.25, -0.2) is 4.98 Å². The van der Waals surface area contributed by atoms with Gasteiger partial charge in [-0.1, -0.05) is 6.07 Å². The monoisotopic (exact) mass is 234 g/mol. The Labute approximate surface area is 104 Å². The van der Waals surface area contributed by atoms with Crippen molar-refractivity contribution in [3.8, 4) is 17.3 Å². The molecule has 4 nitrogen and oxygen atoms in total. The van der Waals surface area contributed by atoms with E-state index < -0.39 is 0 Å².